The number of carbonyl (C=O) groups is 1. The molecule has 0 aliphatic rings. The van der Waals surface area contributed by atoms with Gasteiger partial charge in [0.25, 0.3) is 0 Å². The van der Waals surface area contributed by atoms with Gasteiger partial charge in [-0.05, 0) is 41.1 Å². The summed E-state index contributed by atoms with van der Waals surface area (Å²) in [5.74, 6) is -0.951. The van der Waals surface area contributed by atoms with E-state index in [9.17, 15) is 9.90 Å². The van der Waals surface area contributed by atoms with Crippen LogP contribution in [0.3, 0.4) is 0 Å². The molecule has 124 valence electrons. The number of aromatic amines is 1. The number of benzene rings is 1. The van der Waals surface area contributed by atoms with E-state index in [2.05, 4.69) is 35.9 Å². The molecule has 0 bridgehead atoms. The van der Waals surface area contributed by atoms with Gasteiger partial charge in [-0.15, -0.1) is 11.3 Å². The van der Waals surface area contributed by atoms with E-state index in [0.717, 1.165) is 32.3 Å². The molecule has 1 aromatic carbocycles. The molecule has 0 spiro atoms. The third kappa shape index (κ3) is 2.83. The third-order valence-corrected chi connectivity index (χ3v) is 5.58. The van der Waals surface area contributed by atoms with Crippen LogP contribution in [0.2, 0.25) is 0 Å². The van der Waals surface area contributed by atoms with Crippen molar-refractivity contribution in [1.82, 2.24) is 19.9 Å². The van der Waals surface area contributed by atoms with Crippen molar-refractivity contribution in [3.05, 3.63) is 51.8 Å². The van der Waals surface area contributed by atoms with Gasteiger partial charge in [0.05, 0.1) is 23.1 Å². The summed E-state index contributed by atoms with van der Waals surface area (Å²) in [7, 11) is 0. The molecular formula is C17H11BrN4O2S. The van der Waals surface area contributed by atoms with Crippen molar-refractivity contribution < 1.29 is 9.90 Å². The van der Waals surface area contributed by atoms with E-state index in [0.29, 0.717) is 10.7 Å². The van der Waals surface area contributed by atoms with Crippen LogP contribution in [-0.2, 0) is 0 Å². The molecule has 6 nitrogen and oxygen atoms in total. The largest absolute Gasteiger partial charge is 0.477 e. The maximum absolute atomic E-state index is 11.2. The highest BCUT2D eigenvalue weighted by molar-refractivity contribution is 9.10. The quantitative estimate of drug-likeness (QED) is 0.514. The number of aryl methyl sites for hydroxylation is 1. The van der Waals surface area contributed by atoms with Gasteiger partial charge in [-0.1, -0.05) is 0 Å². The Morgan fingerprint density at radius 1 is 1.28 bits per heavy atom. The Hall–Kier alpha value is -2.58. The van der Waals surface area contributed by atoms with E-state index < -0.39 is 5.97 Å². The molecule has 4 rings (SSSR count). The van der Waals surface area contributed by atoms with Crippen LogP contribution in [0.15, 0.2) is 41.3 Å². The minimum atomic E-state index is -0.951. The number of fused-ring (bicyclic) bond motifs is 1. The summed E-state index contributed by atoms with van der Waals surface area (Å²) in [5.41, 5.74) is 3.95. The number of thiazole rings is 1. The number of carboxylic acid groups (broad SMARTS) is 1. The van der Waals surface area contributed by atoms with Gasteiger partial charge in [-0.2, -0.15) is 0 Å². The highest BCUT2D eigenvalue weighted by Crippen LogP contribution is 2.35. The lowest BCUT2D eigenvalue weighted by molar-refractivity contribution is 0.0701. The highest BCUT2D eigenvalue weighted by Gasteiger charge is 2.17. The first-order chi connectivity index (χ1) is 12.0. The lowest BCUT2D eigenvalue weighted by atomic mass is 10.1. The Morgan fingerprint density at radius 2 is 2.12 bits per heavy atom. The number of aromatic nitrogens is 4. The SMILES string of the molecule is Cc1nc(-c2cc(Br)c3[nH]c(-c4cnccn4)cc3c2)sc1C(=O)O. The Morgan fingerprint density at radius 3 is 2.80 bits per heavy atom. The molecule has 0 fully saturated rings. The Kier molecular flexibility index (Phi) is 3.85. The van der Waals surface area contributed by atoms with Crippen molar-refractivity contribution in [2.75, 3.05) is 0 Å². The van der Waals surface area contributed by atoms with E-state index in [1.165, 1.54) is 11.3 Å². The van der Waals surface area contributed by atoms with Crippen LogP contribution in [-0.4, -0.2) is 31.0 Å². The molecule has 3 aromatic heterocycles. The summed E-state index contributed by atoms with van der Waals surface area (Å²) in [6.45, 7) is 1.71. The van der Waals surface area contributed by atoms with Crippen LogP contribution in [0.5, 0.6) is 0 Å². The maximum Gasteiger partial charge on any atom is 0.347 e. The first-order valence-corrected chi connectivity index (χ1v) is 8.93. The van der Waals surface area contributed by atoms with Gasteiger partial charge in [0.1, 0.15) is 15.6 Å². The lowest BCUT2D eigenvalue weighted by Crippen LogP contribution is -1.94. The van der Waals surface area contributed by atoms with Crippen LogP contribution in [0.25, 0.3) is 32.9 Å². The van der Waals surface area contributed by atoms with Crippen molar-refractivity contribution in [2.24, 2.45) is 0 Å². The normalized spacial score (nSPS) is 11.1. The zero-order chi connectivity index (χ0) is 17.6. The van der Waals surface area contributed by atoms with Gasteiger partial charge >= 0.3 is 5.97 Å². The molecule has 25 heavy (non-hydrogen) atoms. The molecule has 2 N–H and O–H groups in total. The number of halogens is 1. The number of nitrogens with one attached hydrogen (secondary N) is 1. The number of rotatable bonds is 3. The average Bonchev–Trinajstić information content (AvgIpc) is 3.19. The van der Waals surface area contributed by atoms with E-state index >= 15 is 0 Å². The van der Waals surface area contributed by atoms with Crippen LogP contribution in [0, 0.1) is 6.92 Å². The third-order valence-electron chi connectivity index (χ3n) is 3.76. The average molecular weight is 415 g/mol. The molecule has 0 radical (unpaired) electrons. The fraction of sp³-hybridized carbons (Fsp3) is 0.0588. The smallest absolute Gasteiger partial charge is 0.347 e. The molecule has 0 aliphatic carbocycles. The molecular weight excluding hydrogens is 404 g/mol. The minimum Gasteiger partial charge on any atom is -0.477 e. The second kappa shape index (κ2) is 6.05. The van der Waals surface area contributed by atoms with Crippen LogP contribution in [0.4, 0.5) is 0 Å². The maximum atomic E-state index is 11.2. The summed E-state index contributed by atoms with van der Waals surface area (Å²) in [6.07, 6.45) is 4.97. The monoisotopic (exact) mass is 414 g/mol. The van der Waals surface area contributed by atoms with Crippen molar-refractivity contribution in [3.63, 3.8) is 0 Å². The zero-order valence-corrected chi connectivity index (χ0v) is 15.3. The molecule has 0 aliphatic heterocycles. The van der Waals surface area contributed by atoms with Crippen molar-refractivity contribution in [3.8, 4) is 22.0 Å². The summed E-state index contributed by atoms with van der Waals surface area (Å²) in [6, 6.07) is 5.91. The number of aromatic carboxylic acids is 1. The predicted octanol–water partition coefficient (Wildman–Crippen LogP) is 4.52. The van der Waals surface area contributed by atoms with Gasteiger partial charge in [0, 0.05) is 27.8 Å². The van der Waals surface area contributed by atoms with Gasteiger partial charge < -0.3 is 10.1 Å². The van der Waals surface area contributed by atoms with E-state index in [1.54, 1.807) is 25.5 Å². The summed E-state index contributed by atoms with van der Waals surface area (Å²) in [4.78, 5) is 27.6. The number of nitrogens with zero attached hydrogens (tertiary/aromatic N) is 3. The summed E-state index contributed by atoms with van der Waals surface area (Å²) >= 11 is 4.76. The topological polar surface area (TPSA) is 91.8 Å². The van der Waals surface area contributed by atoms with Crippen molar-refractivity contribution >= 4 is 44.1 Å². The number of hydrogen-bond donors (Lipinski definition) is 2. The summed E-state index contributed by atoms with van der Waals surface area (Å²) < 4.78 is 0.875. The molecule has 0 unspecified atom stereocenters. The minimum absolute atomic E-state index is 0.264. The van der Waals surface area contributed by atoms with Crippen molar-refractivity contribution in [2.45, 2.75) is 6.92 Å². The zero-order valence-electron chi connectivity index (χ0n) is 12.9. The number of hydrogen-bond acceptors (Lipinski definition) is 5. The fourth-order valence-corrected chi connectivity index (χ4v) is 4.08. The molecule has 4 aromatic rings. The Bertz CT molecular complexity index is 1100. The van der Waals surface area contributed by atoms with Gasteiger partial charge in [0.15, 0.2) is 0 Å². The van der Waals surface area contributed by atoms with Gasteiger partial charge in [0.2, 0.25) is 0 Å². The molecule has 0 saturated carbocycles. The van der Waals surface area contributed by atoms with E-state index in [-0.39, 0.29) is 4.88 Å². The van der Waals surface area contributed by atoms with Crippen molar-refractivity contribution in [1.29, 1.82) is 0 Å². The van der Waals surface area contributed by atoms with Crippen LogP contribution >= 0.6 is 27.3 Å². The number of carboxylic acids is 1. The lowest BCUT2D eigenvalue weighted by Gasteiger charge is -2.00. The molecule has 8 heteroatoms. The number of H-pyrrole nitrogens is 1. The van der Waals surface area contributed by atoms with E-state index in [1.807, 2.05) is 18.2 Å². The Labute approximate surface area is 154 Å². The predicted molar refractivity (Wildman–Crippen MR) is 99.8 cm³/mol. The fourth-order valence-electron chi connectivity index (χ4n) is 2.62. The van der Waals surface area contributed by atoms with Crippen LogP contribution < -0.4 is 0 Å². The second-order valence-electron chi connectivity index (χ2n) is 5.43. The van der Waals surface area contributed by atoms with Gasteiger partial charge in [-0.25, -0.2) is 9.78 Å². The first kappa shape index (κ1) is 15.9. The highest BCUT2D eigenvalue weighted by atomic mass is 79.9. The molecule has 0 amide bonds. The first-order valence-electron chi connectivity index (χ1n) is 7.32. The van der Waals surface area contributed by atoms with Gasteiger partial charge in [-0.3, -0.25) is 9.97 Å². The Balaban J connectivity index is 1.84. The van der Waals surface area contributed by atoms with E-state index in [4.69, 9.17) is 0 Å². The standard InChI is InChI=1S/C17H11BrN4O2S/c1-8-15(17(23)24)25-16(21-8)10-4-9-6-12(13-7-19-2-3-20-13)22-14(9)11(18)5-10/h2-7,22H,1H3,(H,23,24). The molecule has 3 heterocycles. The molecule has 0 saturated heterocycles. The van der Waals surface area contributed by atoms with Crippen LogP contribution in [0.1, 0.15) is 15.4 Å². The second-order valence-corrected chi connectivity index (χ2v) is 7.29. The summed E-state index contributed by atoms with van der Waals surface area (Å²) in [5, 5.41) is 10.9. The molecule has 0 atom stereocenters.